The molecule has 2 heterocycles. The van der Waals surface area contributed by atoms with Gasteiger partial charge in [-0.1, -0.05) is 27.7 Å². The number of nitrogens with zero attached hydrogens (tertiary/aromatic N) is 1. The molecule has 0 amide bonds. The van der Waals surface area contributed by atoms with Crippen molar-refractivity contribution in [1.82, 2.24) is 0 Å². The first-order valence-corrected chi connectivity index (χ1v) is 11.5. The third-order valence-corrected chi connectivity index (χ3v) is 6.86. The van der Waals surface area contributed by atoms with Crippen LogP contribution in [0.25, 0.3) is 11.3 Å². The van der Waals surface area contributed by atoms with E-state index < -0.39 is 10.8 Å². The first kappa shape index (κ1) is 22.3. The van der Waals surface area contributed by atoms with E-state index in [1.54, 1.807) is 24.3 Å². The number of nitro benzene ring substituents is 1. The molecule has 1 aromatic carbocycles. The van der Waals surface area contributed by atoms with Crippen molar-refractivity contribution in [1.29, 1.82) is 0 Å². The number of rotatable bonds is 3. The van der Waals surface area contributed by atoms with Crippen molar-refractivity contribution < 1.29 is 23.7 Å². The zero-order chi connectivity index (χ0) is 24.4. The molecule has 0 unspecified atom stereocenters. The van der Waals surface area contributed by atoms with Crippen LogP contribution in [0.4, 0.5) is 5.69 Å². The molecule has 0 atom stereocenters. The van der Waals surface area contributed by atoms with Crippen LogP contribution in [0, 0.1) is 20.9 Å². The molecule has 7 nitrogen and oxygen atoms in total. The van der Waals surface area contributed by atoms with Gasteiger partial charge in [-0.15, -0.1) is 0 Å². The molecule has 0 bridgehead atoms. The Labute approximate surface area is 197 Å². The van der Waals surface area contributed by atoms with Gasteiger partial charge in [0.1, 0.15) is 23.0 Å². The predicted molar refractivity (Wildman–Crippen MR) is 125 cm³/mol. The number of hydrogen-bond donors (Lipinski definition) is 0. The maximum Gasteiger partial charge on any atom is 0.269 e. The van der Waals surface area contributed by atoms with Gasteiger partial charge in [-0.05, 0) is 35.1 Å². The number of Topliss-reactive ketones (excluding diaryl/α,β-unsaturated/α-hetero) is 2. The molecule has 2 aromatic rings. The van der Waals surface area contributed by atoms with Gasteiger partial charge in [-0.3, -0.25) is 19.7 Å². The van der Waals surface area contributed by atoms with Crippen LogP contribution in [0.3, 0.4) is 0 Å². The molecule has 0 N–H and O–H groups in total. The fourth-order valence-corrected chi connectivity index (χ4v) is 5.37. The zero-order valence-corrected chi connectivity index (χ0v) is 19.8. The molecule has 0 saturated heterocycles. The molecule has 1 aliphatic heterocycles. The number of carbonyl (C=O) groups excluding carboxylic acids is 2. The molecule has 7 heteroatoms. The molecule has 3 aliphatic rings. The first-order chi connectivity index (χ1) is 15.9. The van der Waals surface area contributed by atoms with Crippen molar-refractivity contribution in [2.24, 2.45) is 10.8 Å². The van der Waals surface area contributed by atoms with Gasteiger partial charge in [0.2, 0.25) is 0 Å². The van der Waals surface area contributed by atoms with Crippen molar-refractivity contribution in [3.05, 3.63) is 74.9 Å². The summed E-state index contributed by atoms with van der Waals surface area (Å²) in [7, 11) is 0. The second-order valence-corrected chi connectivity index (χ2v) is 11.1. The zero-order valence-electron chi connectivity index (χ0n) is 19.8. The van der Waals surface area contributed by atoms with Crippen LogP contribution in [0.15, 0.2) is 63.5 Å². The van der Waals surface area contributed by atoms with Crippen LogP contribution in [0.1, 0.15) is 65.1 Å². The summed E-state index contributed by atoms with van der Waals surface area (Å²) in [6.07, 6.45) is 1.99. The topological polar surface area (TPSA) is 99.7 Å². The first-order valence-electron chi connectivity index (χ1n) is 11.5. The lowest BCUT2D eigenvalue weighted by Crippen LogP contribution is -2.37. The summed E-state index contributed by atoms with van der Waals surface area (Å²) in [5.74, 6) is 1.68. The van der Waals surface area contributed by atoms with E-state index in [0.717, 1.165) is 0 Å². The molecule has 34 heavy (non-hydrogen) atoms. The minimum Gasteiger partial charge on any atom is -0.465 e. The number of nitro groups is 1. The Morgan fingerprint density at radius 3 is 1.85 bits per heavy atom. The minimum atomic E-state index is -0.599. The van der Waals surface area contributed by atoms with Crippen LogP contribution < -0.4 is 0 Å². The number of allylic oxidation sites excluding steroid dienone is 4. The van der Waals surface area contributed by atoms with Gasteiger partial charge in [0.15, 0.2) is 11.6 Å². The Balaban J connectivity index is 1.61. The average Bonchev–Trinajstić information content (AvgIpc) is 3.20. The summed E-state index contributed by atoms with van der Waals surface area (Å²) in [5.41, 5.74) is 1.28. The van der Waals surface area contributed by atoms with E-state index in [2.05, 4.69) is 0 Å². The van der Waals surface area contributed by atoms with Crippen LogP contribution in [-0.4, -0.2) is 16.5 Å². The maximum atomic E-state index is 13.3. The SMILES string of the molecule is CC1(C)CC(=O)C2=C(C1)OC1=C(C(=O)CC(C)(C)C1)C2c1ccc(-c2ccc([N+](=O)[O-])cc2)o1. The number of furan rings is 1. The second-order valence-electron chi connectivity index (χ2n) is 11.1. The molecule has 0 fully saturated rings. The standard InChI is InChI=1S/C27H27NO6/c1-26(2)11-17(29)23-21(13-26)34-22-14-27(3,4)12-18(30)24(22)25(23)20-10-9-19(33-20)15-5-7-16(8-6-15)28(31)32/h5-10,25H,11-14H2,1-4H3. The average molecular weight is 462 g/mol. The fourth-order valence-electron chi connectivity index (χ4n) is 5.37. The number of carbonyl (C=O) groups is 2. The Morgan fingerprint density at radius 2 is 1.35 bits per heavy atom. The fraction of sp³-hybridized carbons (Fsp3) is 0.407. The molecule has 176 valence electrons. The summed E-state index contributed by atoms with van der Waals surface area (Å²) in [6, 6.07) is 9.67. The highest BCUT2D eigenvalue weighted by atomic mass is 16.6. The third kappa shape index (κ3) is 3.79. The molecule has 0 radical (unpaired) electrons. The second kappa shape index (κ2) is 7.52. The van der Waals surface area contributed by atoms with E-state index in [9.17, 15) is 19.7 Å². The van der Waals surface area contributed by atoms with Crippen molar-refractivity contribution in [3.8, 4) is 11.3 Å². The number of ketones is 2. The van der Waals surface area contributed by atoms with E-state index in [1.807, 2.05) is 27.7 Å². The third-order valence-electron chi connectivity index (χ3n) is 6.86. The number of ether oxygens (including phenoxy) is 1. The van der Waals surface area contributed by atoms with E-state index in [-0.39, 0.29) is 28.1 Å². The molecule has 0 saturated carbocycles. The van der Waals surface area contributed by atoms with Crippen molar-refractivity contribution in [2.45, 2.75) is 59.3 Å². The molecular formula is C27H27NO6. The van der Waals surface area contributed by atoms with Crippen LogP contribution in [0.2, 0.25) is 0 Å². The molecular weight excluding hydrogens is 434 g/mol. The van der Waals surface area contributed by atoms with Crippen molar-refractivity contribution >= 4 is 17.3 Å². The highest BCUT2D eigenvalue weighted by molar-refractivity contribution is 6.06. The molecule has 0 spiro atoms. The molecule has 1 aromatic heterocycles. The summed E-state index contributed by atoms with van der Waals surface area (Å²) in [4.78, 5) is 37.2. The monoisotopic (exact) mass is 461 g/mol. The van der Waals surface area contributed by atoms with Gasteiger partial charge < -0.3 is 9.15 Å². The van der Waals surface area contributed by atoms with E-state index >= 15 is 0 Å². The molecule has 2 aliphatic carbocycles. The van der Waals surface area contributed by atoms with E-state index in [4.69, 9.17) is 9.15 Å². The van der Waals surface area contributed by atoms with Gasteiger partial charge in [0.25, 0.3) is 5.69 Å². The van der Waals surface area contributed by atoms with Crippen LogP contribution >= 0.6 is 0 Å². The Morgan fingerprint density at radius 1 is 0.824 bits per heavy atom. The molecule has 5 rings (SSSR count). The summed E-state index contributed by atoms with van der Waals surface area (Å²) < 4.78 is 12.5. The maximum absolute atomic E-state index is 13.3. The quantitative estimate of drug-likeness (QED) is 0.395. The van der Waals surface area contributed by atoms with Gasteiger partial charge in [0, 0.05) is 54.5 Å². The smallest absolute Gasteiger partial charge is 0.269 e. The van der Waals surface area contributed by atoms with Gasteiger partial charge in [-0.2, -0.15) is 0 Å². The number of benzene rings is 1. The summed E-state index contributed by atoms with van der Waals surface area (Å²) in [6.45, 7) is 8.19. The normalized spacial score (nSPS) is 21.8. The summed E-state index contributed by atoms with van der Waals surface area (Å²) in [5, 5.41) is 11.0. The Bertz CT molecular complexity index is 1240. The van der Waals surface area contributed by atoms with Crippen LogP contribution in [-0.2, 0) is 14.3 Å². The highest BCUT2D eigenvalue weighted by Crippen LogP contribution is 2.53. The minimum absolute atomic E-state index is 0.00427. The lowest BCUT2D eigenvalue weighted by Gasteiger charge is -2.42. The largest absolute Gasteiger partial charge is 0.465 e. The van der Waals surface area contributed by atoms with Gasteiger partial charge in [-0.25, -0.2) is 0 Å². The van der Waals surface area contributed by atoms with Crippen LogP contribution in [0.5, 0.6) is 0 Å². The van der Waals surface area contributed by atoms with E-state index in [0.29, 0.717) is 65.4 Å². The predicted octanol–water partition coefficient (Wildman–Crippen LogP) is 6.26. The van der Waals surface area contributed by atoms with E-state index in [1.165, 1.54) is 12.1 Å². The highest BCUT2D eigenvalue weighted by Gasteiger charge is 2.48. The Hall–Kier alpha value is -3.48. The Kier molecular flexibility index (Phi) is 4.93. The number of non-ortho nitro benzene ring substituents is 1. The van der Waals surface area contributed by atoms with Gasteiger partial charge in [0.05, 0.1) is 10.8 Å². The van der Waals surface area contributed by atoms with Crippen molar-refractivity contribution in [3.63, 3.8) is 0 Å². The lowest BCUT2D eigenvalue weighted by molar-refractivity contribution is -0.384. The lowest BCUT2D eigenvalue weighted by atomic mass is 9.66. The van der Waals surface area contributed by atoms with Crippen molar-refractivity contribution in [2.75, 3.05) is 0 Å². The van der Waals surface area contributed by atoms with Gasteiger partial charge >= 0.3 is 0 Å². The summed E-state index contributed by atoms with van der Waals surface area (Å²) >= 11 is 0. The number of hydrogen-bond acceptors (Lipinski definition) is 6.